The lowest BCUT2D eigenvalue weighted by atomic mass is 9.48. The van der Waals surface area contributed by atoms with Crippen LogP contribution in [-0.4, -0.2) is 13.7 Å². The zero-order valence-electron chi connectivity index (χ0n) is 12.0. The Morgan fingerprint density at radius 1 is 1.29 bits per heavy atom. The minimum atomic E-state index is 0.424. The van der Waals surface area contributed by atoms with Gasteiger partial charge in [0.1, 0.15) is 0 Å². The monoisotopic (exact) mass is 236 g/mol. The molecule has 0 spiro atoms. The van der Waals surface area contributed by atoms with Crippen molar-refractivity contribution in [2.75, 3.05) is 13.7 Å². The van der Waals surface area contributed by atoms with E-state index in [-0.39, 0.29) is 0 Å². The highest BCUT2D eigenvalue weighted by Crippen LogP contribution is 2.60. The molecule has 2 fully saturated rings. The van der Waals surface area contributed by atoms with Gasteiger partial charge < -0.3 is 4.74 Å². The normalized spacial score (nSPS) is 41.1. The molecule has 17 heavy (non-hydrogen) atoms. The van der Waals surface area contributed by atoms with Gasteiger partial charge in [0.15, 0.2) is 0 Å². The van der Waals surface area contributed by atoms with E-state index in [1.54, 1.807) is 0 Å². The molecule has 2 aliphatic carbocycles. The number of fused-ring (bicyclic) bond motifs is 1. The highest BCUT2D eigenvalue weighted by molar-refractivity contribution is 5.15. The Morgan fingerprint density at radius 2 is 2.00 bits per heavy atom. The summed E-state index contributed by atoms with van der Waals surface area (Å²) < 4.78 is 5.47. The summed E-state index contributed by atoms with van der Waals surface area (Å²) in [5.74, 6) is 1.42. The predicted octanol–water partition coefficient (Wildman–Crippen LogP) is 4.43. The van der Waals surface area contributed by atoms with Crippen LogP contribution in [0, 0.1) is 22.7 Å². The van der Waals surface area contributed by atoms with Crippen LogP contribution in [0.25, 0.3) is 0 Å². The molecule has 0 saturated heterocycles. The summed E-state index contributed by atoms with van der Waals surface area (Å²) in [5.41, 5.74) is 2.36. The third-order valence-corrected chi connectivity index (χ3v) is 5.65. The molecular weight excluding hydrogens is 208 g/mol. The van der Waals surface area contributed by atoms with Crippen LogP contribution in [0.3, 0.4) is 0 Å². The van der Waals surface area contributed by atoms with Gasteiger partial charge in [-0.1, -0.05) is 39.3 Å². The van der Waals surface area contributed by atoms with Crippen LogP contribution >= 0.6 is 0 Å². The molecule has 0 bridgehead atoms. The van der Waals surface area contributed by atoms with Gasteiger partial charge in [-0.05, 0) is 42.4 Å². The van der Waals surface area contributed by atoms with E-state index in [0.717, 1.165) is 12.5 Å². The lowest BCUT2D eigenvalue weighted by molar-refractivity contribution is -0.0700. The second-order valence-corrected chi connectivity index (χ2v) is 7.11. The fourth-order valence-electron chi connectivity index (χ4n) is 4.75. The average molecular weight is 236 g/mol. The largest absolute Gasteiger partial charge is 0.384 e. The summed E-state index contributed by atoms with van der Waals surface area (Å²) in [4.78, 5) is 0. The first-order valence-electron chi connectivity index (χ1n) is 7.08. The van der Waals surface area contributed by atoms with E-state index in [9.17, 15) is 0 Å². The highest BCUT2D eigenvalue weighted by atomic mass is 16.5. The zero-order chi connectivity index (χ0) is 12.7. The maximum absolute atomic E-state index is 5.47. The fourth-order valence-corrected chi connectivity index (χ4v) is 4.75. The molecule has 0 N–H and O–H groups in total. The molecule has 0 radical (unpaired) electrons. The second kappa shape index (κ2) is 4.42. The molecule has 0 aromatic heterocycles. The average Bonchev–Trinajstić information content (AvgIpc) is 2.22. The van der Waals surface area contributed by atoms with Crippen LogP contribution in [0.5, 0.6) is 0 Å². The van der Waals surface area contributed by atoms with Gasteiger partial charge in [0.25, 0.3) is 0 Å². The van der Waals surface area contributed by atoms with Crippen LogP contribution in [0.4, 0.5) is 0 Å². The third kappa shape index (κ3) is 2.07. The molecule has 0 aromatic carbocycles. The first-order valence-corrected chi connectivity index (χ1v) is 7.08. The van der Waals surface area contributed by atoms with Crippen LogP contribution in [0.15, 0.2) is 12.2 Å². The van der Waals surface area contributed by atoms with E-state index < -0.39 is 0 Å². The van der Waals surface area contributed by atoms with E-state index in [1.165, 1.54) is 37.7 Å². The number of hydrogen-bond donors (Lipinski definition) is 0. The summed E-state index contributed by atoms with van der Waals surface area (Å²) in [6, 6.07) is 0. The van der Waals surface area contributed by atoms with Gasteiger partial charge in [-0.25, -0.2) is 0 Å². The van der Waals surface area contributed by atoms with E-state index in [1.807, 2.05) is 7.11 Å². The molecule has 98 valence electrons. The molecule has 1 nitrogen and oxygen atoms in total. The predicted molar refractivity (Wildman–Crippen MR) is 73.0 cm³/mol. The van der Waals surface area contributed by atoms with E-state index in [2.05, 4.69) is 27.4 Å². The Balaban J connectivity index is 2.31. The summed E-state index contributed by atoms with van der Waals surface area (Å²) in [6.45, 7) is 12.6. The van der Waals surface area contributed by atoms with Gasteiger partial charge in [0.2, 0.25) is 0 Å². The molecule has 0 aromatic rings. The van der Waals surface area contributed by atoms with Gasteiger partial charge in [0, 0.05) is 13.0 Å². The van der Waals surface area contributed by atoms with E-state index >= 15 is 0 Å². The zero-order valence-corrected chi connectivity index (χ0v) is 12.0. The topological polar surface area (TPSA) is 9.23 Å². The number of hydrogen-bond acceptors (Lipinski definition) is 1. The van der Waals surface area contributed by atoms with Crippen LogP contribution < -0.4 is 0 Å². The SMILES string of the molecule is C=C1CC[C@H]2C(C)(C)CCC[C@]2(C)[C@H]1COC. The Morgan fingerprint density at radius 3 is 2.65 bits per heavy atom. The molecule has 2 saturated carbocycles. The molecule has 0 aliphatic heterocycles. The second-order valence-electron chi connectivity index (χ2n) is 7.11. The molecule has 2 aliphatic rings. The van der Waals surface area contributed by atoms with Crippen molar-refractivity contribution in [3.05, 3.63) is 12.2 Å². The molecule has 2 rings (SSSR count). The Labute approximate surface area is 107 Å². The van der Waals surface area contributed by atoms with Crippen molar-refractivity contribution >= 4 is 0 Å². The maximum Gasteiger partial charge on any atom is 0.0532 e. The molecule has 0 amide bonds. The van der Waals surface area contributed by atoms with Gasteiger partial charge in [0.05, 0.1) is 6.61 Å². The molecule has 0 unspecified atom stereocenters. The van der Waals surface area contributed by atoms with E-state index in [4.69, 9.17) is 4.74 Å². The van der Waals surface area contributed by atoms with Crippen molar-refractivity contribution in [2.24, 2.45) is 22.7 Å². The maximum atomic E-state index is 5.47. The van der Waals surface area contributed by atoms with Gasteiger partial charge in [-0.3, -0.25) is 0 Å². The van der Waals surface area contributed by atoms with Crippen LogP contribution in [-0.2, 0) is 4.74 Å². The number of ether oxygens (including phenoxy) is 1. The van der Waals surface area contributed by atoms with Crippen LogP contribution in [0.1, 0.15) is 52.9 Å². The van der Waals surface area contributed by atoms with Gasteiger partial charge in [-0.15, -0.1) is 0 Å². The van der Waals surface area contributed by atoms with E-state index in [0.29, 0.717) is 16.7 Å². The van der Waals surface area contributed by atoms with Gasteiger partial charge in [-0.2, -0.15) is 0 Å². The number of rotatable bonds is 2. The van der Waals surface area contributed by atoms with Gasteiger partial charge >= 0.3 is 0 Å². The Kier molecular flexibility index (Phi) is 3.42. The van der Waals surface area contributed by atoms with Crippen molar-refractivity contribution in [1.29, 1.82) is 0 Å². The lowest BCUT2D eigenvalue weighted by Crippen LogP contribution is -2.50. The third-order valence-electron chi connectivity index (χ3n) is 5.65. The Bertz CT molecular complexity index is 305. The highest BCUT2D eigenvalue weighted by Gasteiger charge is 2.52. The summed E-state index contributed by atoms with van der Waals surface area (Å²) in [7, 11) is 1.83. The quantitative estimate of drug-likeness (QED) is 0.644. The van der Waals surface area contributed by atoms with Crippen LogP contribution in [0.2, 0.25) is 0 Å². The smallest absolute Gasteiger partial charge is 0.0532 e. The summed E-state index contributed by atoms with van der Waals surface area (Å²) in [5, 5.41) is 0. The first-order chi connectivity index (χ1) is 7.92. The Hall–Kier alpha value is -0.300. The summed E-state index contributed by atoms with van der Waals surface area (Å²) >= 11 is 0. The van der Waals surface area contributed by atoms with Crippen molar-refractivity contribution in [2.45, 2.75) is 52.9 Å². The summed E-state index contributed by atoms with van der Waals surface area (Å²) in [6.07, 6.45) is 6.65. The van der Waals surface area contributed by atoms with Crippen molar-refractivity contribution in [1.82, 2.24) is 0 Å². The molecule has 1 heteroatoms. The molecular formula is C16H28O. The molecule has 0 heterocycles. The first kappa shape index (κ1) is 13.1. The minimum Gasteiger partial charge on any atom is -0.384 e. The fraction of sp³-hybridized carbons (Fsp3) is 0.875. The van der Waals surface area contributed by atoms with Crippen molar-refractivity contribution in [3.63, 3.8) is 0 Å². The molecule has 3 atom stereocenters. The lowest BCUT2D eigenvalue weighted by Gasteiger charge is -2.57. The minimum absolute atomic E-state index is 0.424. The van der Waals surface area contributed by atoms with Crippen molar-refractivity contribution in [3.8, 4) is 0 Å². The van der Waals surface area contributed by atoms with Crippen molar-refractivity contribution < 1.29 is 4.74 Å². The number of methoxy groups -OCH3 is 1. The standard InChI is InChI=1S/C16H28O/c1-12-7-8-14-15(2,3)9-6-10-16(14,4)13(12)11-17-5/h13-14H,1,6-11H2,2-5H3/t13-,14-,16+/m0/s1.